The van der Waals surface area contributed by atoms with E-state index in [1.54, 1.807) is 0 Å². The predicted molar refractivity (Wildman–Crippen MR) is 141 cm³/mol. The SMILES string of the molecule is CCOC(=O)C1(c2cccc(C3NC4NC(N5CCC[C@@H](C(=O)N6CCCC6)C5)=CCC4N3C)c2)CC1. The van der Waals surface area contributed by atoms with Crippen LogP contribution in [0.15, 0.2) is 36.2 Å². The Labute approximate surface area is 220 Å². The van der Waals surface area contributed by atoms with Crippen LogP contribution < -0.4 is 10.6 Å². The van der Waals surface area contributed by atoms with Crippen molar-refractivity contribution in [3.05, 3.63) is 47.3 Å². The minimum Gasteiger partial charge on any atom is -0.465 e. The summed E-state index contributed by atoms with van der Waals surface area (Å²) < 4.78 is 5.40. The van der Waals surface area contributed by atoms with E-state index in [2.05, 4.69) is 62.7 Å². The van der Waals surface area contributed by atoms with Gasteiger partial charge in [-0.3, -0.25) is 19.8 Å². The lowest BCUT2D eigenvalue weighted by molar-refractivity contribution is -0.146. The highest BCUT2D eigenvalue weighted by molar-refractivity contribution is 5.86. The number of carbonyl (C=O) groups excluding carboxylic acids is 2. The van der Waals surface area contributed by atoms with Crippen molar-refractivity contribution in [2.24, 2.45) is 5.92 Å². The van der Waals surface area contributed by atoms with Gasteiger partial charge in [-0.25, -0.2) is 0 Å². The minimum absolute atomic E-state index is 0.0686. The van der Waals surface area contributed by atoms with Crippen LogP contribution >= 0.6 is 0 Å². The second-order valence-electron chi connectivity index (χ2n) is 11.5. The number of hydrogen-bond donors (Lipinski definition) is 2. The molecule has 0 radical (unpaired) electrons. The molecule has 4 fully saturated rings. The van der Waals surface area contributed by atoms with E-state index in [0.29, 0.717) is 18.6 Å². The largest absolute Gasteiger partial charge is 0.465 e. The maximum atomic E-state index is 13.0. The Morgan fingerprint density at radius 3 is 2.70 bits per heavy atom. The first-order valence-electron chi connectivity index (χ1n) is 14.3. The third kappa shape index (κ3) is 4.52. The van der Waals surface area contributed by atoms with Gasteiger partial charge in [0.15, 0.2) is 0 Å². The van der Waals surface area contributed by atoms with Crippen molar-refractivity contribution in [1.82, 2.24) is 25.3 Å². The molecule has 4 heterocycles. The number of piperidine rings is 1. The molecule has 5 aliphatic rings. The molecule has 37 heavy (non-hydrogen) atoms. The number of esters is 1. The van der Waals surface area contributed by atoms with Crippen LogP contribution in [0.3, 0.4) is 0 Å². The Balaban J connectivity index is 1.12. The first kappa shape index (κ1) is 24.7. The topological polar surface area (TPSA) is 77.1 Å². The van der Waals surface area contributed by atoms with Gasteiger partial charge in [0.25, 0.3) is 0 Å². The lowest BCUT2D eigenvalue weighted by Gasteiger charge is -2.40. The van der Waals surface area contributed by atoms with Crippen LogP contribution in [0.5, 0.6) is 0 Å². The van der Waals surface area contributed by atoms with Crippen molar-refractivity contribution in [3.8, 4) is 0 Å². The number of ether oxygens (including phenoxy) is 1. The number of hydrogen-bond acceptors (Lipinski definition) is 7. The highest BCUT2D eigenvalue weighted by atomic mass is 16.5. The summed E-state index contributed by atoms with van der Waals surface area (Å²) in [6, 6.07) is 8.84. The lowest BCUT2D eigenvalue weighted by atomic mass is 9.93. The summed E-state index contributed by atoms with van der Waals surface area (Å²) in [5.74, 6) is 1.53. The molecular weight excluding hydrogens is 466 g/mol. The van der Waals surface area contributed by atoms with E-state index in [1.807, 2.05) is 6.92 Å². The van der Waals surface area contributed by atoms with Crippen molar-refractivity contribution in [2.75, 3.05) is 39.8 Å². The summed E-state index contributed by atoms with van der Waals surface area (Å²) in [6.45, 7) is 5.95. The summed E-state index contributed by atoms with van der Waals surface area (Å²) in [5, 5.41) is 7.59. The fourth-order valence-corrected chi connectivity index (χ4v) is 6.87. The monoisotopic (exact) mass is 507 g/mol. The first-order chi connectivity index (χ1) is 18.0. The number of fused-ring (bicyclic) bond motifs is 1. The molecule has 3 saturated heterocycles. The number of carbonyl (C=O) groups is 2. The Morgan fingerprint density at radius 1 is 1.14 bits per heavy atom. The Hall–Kier alpha value is -2.58. The van der Waals surface area contributed by atoms with Crippen LogP contribution in [0.1, 0.15) is 69.2 Å². The van der Waals surface area contributed by atoms with E-state index in [9.17, 15) is 9.59 Å². The molecule has 0 spiro atoms. The molecule has 3 unspecified atom stereocenters. The minimum atomic E-state index is -0.458. The third-order valence-corrected chi connectivity index (χ3v) is 9.21. The molecule has 0 aromatic heterocycles. The van der Waals surface area contributed by atoms with Crippen molar-refractivity contribution >= 4 is 11.9 Å². The summed E-state index contributed by atoms with van der Waals surface area (Å²) in [7, 11) is 2.18. The Kier molecular flexibility index (Phi) is 6.65. The van der Waals surface area contributed by atoms with Crippen LogP contribution in [0, 0.1) is 5.92 Å². The van der Waals surface area contributed by atoms with Crippen LogP contribution in [-0.4, -0.2) is 78.6 Å². The van der Waals surface area contributed by atoms with Crippen molar-refractivity contribution in [2.45, 2.75) is 75.7 Å². The Morgan fingerprint density at radius 2 is 1.95 bits per heavy atom. The molecule has 8 nitrogen and oxygen atoms in total. The maximum absolute atomic E-state index is 13.0. The first-order valence-corrected chi connectivity index (χ1v) is 14.3. The van der Waals surface area contributed by atoms with Gasteiger partial charge in [-0.15, -0.1) is 0 Å². The van der Waals surface area contributed by atoms with Gasteiger partial charge in [0.2, 0.25) is 5.91 Å². The fourth-order valence-electron chi connectivity index (χ4n) is 6.87. The average molecular weight is 508 g/mol. The number of benzene rings is 1. The lowest BCUT2D eigenvalue weighted by Crippen LogP contribution is -2.53. The molecular formula is C29H41N5O3. The summed E-state index contributed by atoms with van der Waals surface area (Å²) >= 11 is 0. The second kappa shape index (κ2) is 9.95. The van der Waals surface area contributed by atoms with Crippen LogP contribution in [-0.2, 0) is 19.7 Å². The van der Waals surface area contributed by atoms with E-state index in [1.165, 1.54) is 5.56 Å². The predicted octanol–water partition coefficient (Wildman–Crippen LogP) is 2.68. The second-order valence-corrected chi connectivity index (χ2v) is 11.5. The molecule has 2 N–H and O–H groups in total. The van der Waals surface area contributed by atoms with Gasteiger partial charge in [0.1, 0.15) is 0 Å². The van der Waals surface area contributed by atoms with Gasteiger partial charge in [-0.1, -0.05) is 24.3 Å². The zero-order valence-corrected chi connectivity index (χ0v) is 22.2. The molecule has 4 aliphatic heterocycles. The molecule has 1 aliphatic carbocycles. The van der Waals surface area contributed by atoms with Crippen molar-refractivity contribution < 1.29 is 14.3 Å². The van der Waals surface area contributed by atoms with E-state index in [0.717, 1.165) is 82.5 Å². The average Bonchev–Trinajstić information content (AvgIpc) is 3.43. The van der Waals surface area contributed by atoms with Crippen LogP contribution in [0.25, 0.3) is 0 Å². The highest BCUT2D eigenvalue weighted by Gasteiger charge is 2.53. The molecule has 200 valence electrons. The Bertz CT molecular complexity index is 1060. The quantitative estimate of drug-likeness (QED) is 0.574. The molecule has 1 aromatic carbocycles. The number of nitrogens with zero attached hydrogens (tertiary/aromatic N) is 3. The van der Waals surface area contributed by atoms with Crippen LogP contribution in [0.2, 0.25) is 0 Å². The molecule has 0 bridgehead atoms. The van der Waals surface area contributed by atoms with Crippen molar-refractivity contribution in [3.63, 3.8) is 0 Å². The fraction of sp³-hybridized carbons (Fsp3) is 0.655. The van der Waals surface area contributed by atoms with Gasteiger partial charge in [-0.2, -0.15) is 0 Å². The standard InChI is InChI=1S/C29H41N5O3/c1-3-37-28(36)29(13-14-29)22-10-6-8-20(18-22)26-31-25-23(32(26)2)11-12-24(30-25)34-17-7-9-21(19-34)27(35)33-15-4-5-16-33/h6,8,10,12,18,21,23,25-26,30-31H,3-5,7,9,11,13-17,19H2,1-2H3/t21-,23?,25?,26?/m1/s1. The van der Waals surface area contributed by atoms with Gasteiger partial charge >= 0.3 is 5.97 Å². The highest BCUT2D eigenvalue weighted by Crippen LogP contribution is 2.50. The van der Waals surface area contributed by atoms with Crippen molar-refractivity contribution in [1.29, 1.82) is 0 Å². The number of nitrogens with one attached hydrogen (secondary N) is 2. The van der Waals surface area contributed by atoms with Gasteiger partial charge in [-0.05, 0) is 76.1 Å². The molecule has 1 aromatic rings. The number of amides is 1. The molecule has 4 atom stereocenters. The van der Waals surface area contributed by atoms with Gasteiger partial charge < -0.3 is 19.9 Å². The van der Waals surface area contributed by atoms with Gasteiger partial charge in [0.05, 0.1) is 36.1 Å². The van der Waals surface area contributed by atoms with Crippen LogP contribution in [0.4, 0.5) is 0 Å². The van der Waals surface area contributed by atoms with E-state index in [4.69, 9.17) is 4.74 Å². The van der Waals surface area contributed by atoms with Gasteiger partial charge in [0, 0.05) is 32.2 Å². The number of likely N-dealkylation sites (N-methyl/N-ethyl adjacent to an activating group) is 1. The summed E-state index contributed by atoms with van der Waals surface area (Å²) in [6.07, 6.45) is 9.55. The zero-order valence-electron chi connectivity index (χ0n) is 22.2. The zero-order chi connectivity index (χ0) is 25.6. The smallest absolute Gasteiger partial charge is 0.316 e. The normalized spacial score (nSPS) is 30.9. The number of likely N-dealkylation sites (tertiary alicyclic amines) is 2. The number of rotatable bonds is 6. The molecule has 6 rings (SSSR count). The molecule has 8 heteroatoms. The molecule has 1 saturated carbocycles. The van der Waals surface area contributed by atoms with E-state index >= 15 is 0 Å². The van der Waals surface area contributed by atoms with E-state index in [-0.39, 0.29) is 24.2 Å². The third-order valence-electron chi connectivity index (χ3n) is 9.21. The summed E-state index contributed by atoms with van der Waals surface area (Å²) in [4.78, 5) is 32.6. The maximum Gasteiger partial charge on any atom is 0.316 e. The van der Waals surface area contributed by atoms with E-state index < -0.39 is 5.41 Å². The molecule has 1 amide bonds. The summed E-state index contributed by atoms with van der Waals surface area (Å²) in [5.41, 5.74) is 1.80.